The van der Waals surface area contributed by atoms with Gasteiger partial charge in [-0.3, -0.25) is 14.3 Å². The number of hydrogen-bond donors (Lipinski definition) is 5. The number of sulfonamides is 1. The van der Waals surface area contributed by atoms with Crippen LogP contribution in [0.25, 0.3) is 10.9 Å². The second-order valence-electron chi connectivity index (χ2n) is 6.93. The highest BCUT2D eigenvalue weighted by Gasteiger charge is 2.22. The van der Waals surface area contributed by atoms with Crippen LogP contribution in [0, 0.1) is 0 Å². The second-order valence-corrected chi connectivity index (χ2v) is 8.61. The number of carbonyl (C=O) groups excluding carboxylic acids is 1. The van der Waals surface area contributed by atoms with E-state index in [9.17, 15) is 22.8 Å². The van der Waals surface area contributed by atoms with E-state index >= 15 is 0 Å². The van der Waals surface area contributed by atoms with Crippen LogP contribution in [-0.2, 0) is 19.6 Å². The van der Waals surface area contributed by atoms with E-state index in [0.717, 1.165) is 0 Å². The minimum Gasteiger partial charge on any atom is -0.481 e. The molecule has 0 saturated heterocycles. The Kier molecular flexibility index (Phi) is 6.72. The van der Waals surface area contributed by atoms with Gasteiger partial charge in [-0.15, -0.1) is 0 Å². The molecule has 0 aliphatic rings. The zero-order valence-corrected chi connectivity index (χ0v) is 17.7. The molecule has 0 aliphatic carbocycles. The van der Waals surface area contributed by atoms with Crippen LogP contribution in [0.15, 0.2) is 53.6 Å². The highest BCUT2D eigenvalue weighted by molar-refractivity contribution is 7.92. The molecule has 0 bridgehead atoms. The SMILES string of the molecule is Nc1ncc2cc(S(=O)(=O)Nc3ccc(C(=O)N[C@@H](CCC(=O)O)C(=O)O)cc3)ccc2n1. The van der Waals surface area contributed by atoms with Crippen molar-refractivity contribution in [3.8, 4) is 0 Å². The Balaban J connectivity index is 1.71. The molecule has 172 valence electrons. The normalized spacial score (nSPS) is 12.1. The number of benzene rings is 2. The largest absolute Gasteiger partial charge is 0.481 e. The molecule has 12 nitrogen and oxygen atoms in total. The number of rotatable bonds is 9. The Bertz CT molecular complexity index is 1330. The summed E-state index contributed by atoms with van der Waals surface area (Å²) in [6.45, 7) is 0. The van der Waals surface area contributed by atoms with E-state index in [1.165, 1.54) is 48.7 Å². The first-order chi connectivity index (χ1) is 15.5. The van der Waals surface area contributed by atoms with Crippen LogP contribution < -0.4 is 15.8 Å². The van der Waals surface area contributed by atoms with Gasteiger partial charge in [-0.2, -0.15) is 0 Å². The number of carboxylic acids is 2. The zero-order chi connectivity index (χ0) is 24.2. The van der Waals surface area contributed by atoms with E-state index in [0.29, 0.717) is 10.9 Å². The molecule has 3 rings (SSSR count). The lowest BCUT2D eigenvalue weighted by Gasteiger charge is -2.14. The number of anilines is 2. The Morgan fingerprint density at radius 1 is 1.06 bits per heavy atom. The van der Waals surface area contributed by atoms with Crippen LogP contribution in [0.2, 0.25) is 0 Å². The number of nitrogens with two attached hydrogens (primary N) is 1. The average molecular weight is 473 g/mol. The third-order valence-corrected chi connectivity index (χ3v) is 5.91. The van der Waals surface area contributed by atoms with Crippen molar-refractivity contribution in [1.82, 2.24) is 15.3 Å². The molecule has 3 aromatic rings. The maximum absolute atomic E-state index is 12.7. The fourth-order valence-corrected chi connectivity index (χ4v) is 3.96. The summed E-state index contributed by atoms with van der Waals surface area (Å²) in [5, 5.41) is 20.6. The standard InChI is InChI=1S/C20H19N5O7S/c21-20-22-10-12-9-14(5-6-15(12)24-20)33(31,32)25-13-3-1-11(2-4-13)18(28)23-16(19(29)30)7-8-17(26)27/h1-6,9-10,16,25H,7-8H2,(H,23,28)(H,26,27)(H,29,30)(H2,21,22,24)/t16-/m0/s1. The lowest BCUT2D eigenvalue weighted by atomic mass is 10.1. The number of hydrogen-bond acceptors (Lipinski definition) is 8. The fourth-order valence-electron chi connectivity index (χ4n) is 2.86. The molecule has 0 saturated carbocycles. The first-order valence-corrected chi connectivity index (χ1v) is 10.9. The zero-order valence-electron chi connectivity index (χ0n) is 16.9. The topological polar surface area (TPSA) is 202 Å². The van der Waals surface area contributed by atoms with Crippen LogP contribution in [0.5, 0.6) is 0 Å². The summed E-state index contributed by atoms with van der Waals surface area (Å²) < 4.78 is 27.8. The summed E-state index contributed by atoms with van der Waals surface area (Å²) in [4.78, 5) is 42.0. The van der Waals surface area contributed by atoms with E-state index in [-0.39, 0.29) is 28.5 Å². The lowest BCUT2D eigenvalue weighted by molar-refractivity contribution is -0.140. The van der Waals surface area contributed by atoms with Gasteiger partial charge in [-0.1, -0.05) is 0 Å². The first-order valence-electron chi connectivity index (χ1n) is 9.46. The predicted molar refractivity (Wildman–Crippen MR) is 117 cm³/mol. The van der Waals surface area contributed by atoms with Crippen molar-refractivity contribution in [2.45, 2.75) is 23.8 Å². The highest BCUT2D eigenvalue weighted by atomic mass is 32.2. The molecule has 0 fully saturated rings. The summed E-state index contributed by atoms with van der Waals surface area (Å²) in [5.41, 5.74) is 6.24. The summed E-state index contributed by atoms with van der Waals surface area (Å²) in [5.74, 6) is -3.22. The number of nitrogens with one attached hydrogen (secondary N) is 2. The molecular weight excluding hydrogens is 454 g/mol. The van der Waals surface area contributed by atoms with Gasteiger partial charge in [-0.05, 0) is 48.9 Å². The van der Waals surface area contributed by atoms with Gasteiger partial charge in [0.25, 0.3) is 15.9 Å². The van der Waals surface area contributed by atoms with Crippen molar-refractivity contribution in [3.63, 3.8) is 0 Å². The summed E-state index contributed by atoms with van der Waals surface area (Å²) in [7, 11) is -3.96. The third kappa shape index (κ3) is 5.92. The molecule has 6 N–H and O–H groups in total. The monoisotopic (exact) mass is 473 g/mol. The van der Waals surface area contributed by atoms with Gasteiger partial charge in [0.05, 0.1) is 10.4 Å². The van der Waals surface area contributed by atoms with Crippen LogP contribution in [0.3, 0.4) is 0 Å². The second kappa shape index (κ2) is 9.48. The smallest absolute Gasteiger partial charge is 0.326 e. The van der Waals surface area contributed by atoms with Crippen molar-refractivity contribution in [2.75, 3.05) is 10.5 Å². The van der Waals surface area contributed by atoms with Crippen LogP contribution in [-0.4, -0.2) is 52.5 Å². The van der Waals surface area contributed by atoms with Gasteiger partial charge >= 0.3 is 11.9 Å². The molecule has 0 unspecified atom stereocenters. The molecular formula is C20H19N5O7S. The molecule has 33 heavy (non-hydrogen) atoms. The highest BCUT2D eigenvalue weighted by Crippen LogP contribution is 2.21. The van der Waals surface area contributed by atoms with Gasteiger partial charge < -0.3 is 21.3 Å². The van der Waals surface area contributed by atoms with Gasteiger partial charge in [0.2, 0.25) is 5.95 Å². The number of aromatic nitrogens is 2. The first kappa shape index (κ1) is 23.4. The fraction of sp³-hybridized carbons (Fsp3) is 0.150. The van der Waals surface area contributed by atoms with Gasteiger partial charge in [-0.25, -0.2) is 23.2 Å². The number of fused-ring (bicyclic) bond motifs is 1. The van der Waals surface area contributed by atoms with E-state index < -0.39 is 40.3 Å². The lowest BCUT2D eigenvalue weighted by Crippen LogP contribution is -2.41. The van der Waals surface area contributed by atoms with Crippen molar-refractivity contribution < 1.29 is 33.0 Å². The molecule has 0 spiro atoms. The van der Waals surface area contributed by atoms with E-state index in [4.69, 9.17) is 15.9 Å². The Hall–Kier alpha value is -4.26. The van der Waals surface area contributed by atoms with E-state index in [1.54, 1.807) is 0 Å². The van der Waals surface area contributed by atoms with Crippen LogP contribution in [0.4, 0.5) is 11.6 Å². The predicted octanol–water partition coefficient (Wildman–Crippen LogP) is 1.06. The minimum atomic E-state index is -3.96. The number of carbonyl (C=O) groups is 3. The number of amides is 1. The average Bonchev–Trinajstić information content (AvgIpc) is 2.75. The molecule has 2 aromatic carbocycles. The number of nitrogens with zero attached hydrogens (tertiary/aromatic N) is 2. The quantitative estimate of drug-likeness (QED) is 0.299. The summed E-state index contributed by atoms with van der Waals surface area (Å²) in [6.07, 6.45) is 0.703. The summed E-state index contributed by atoms with van der Waals surface area (Å²) in [6, 6.07) is 8.16. The van der Waals surface area contributed by atoms with Gasteiger partial charge in [0.15, 0.2) is 0 Å². The van der Waals surface area contributed by atoms with Gasteiger partial charge in [0.1, 0.15) is 6.04 Å². The minimum absolute atomic E-state index is 0.0343. The van der Waals surface area contributed by atoms with Gasteiger partial charge in [0, 0.05) is 29.3 Å². The van der Waals surface area contributed by atoms with Crippen molar-refractivity contribution >= 4 is 50.4 Å². The Labute approximate surface area is 187 Å². The van der Waals surface area contributed by atoms with Crippen molar-refractivity contribution in [2.24, 2.45) is 0 Å². The maximum Gasteiger partial charge on any atom is 0.326 e. The Morgan fingerprint density at radius 3 is 2.39 bits per heavy atom. The molecule has 0 radical (unpaired) electrons. The molecule has 1 atom stereocenters. The number of nitrogen functional groups attached to an aromatic ring is 1. The van der Waals surface area contributed by atoms with Crippen molar-refractivity contribution in [1.29, 1.82) is 0 Å². The Morgan fingerprint density at radius 2 is 1.76 bits per heavy atom. The molecule has 1 heterocycles. The van der Waals surface area contributed by atoms with E-state index in [1.807, 2.05) is 0 Å². The number of aliphatic carboxylic acids is 2. The molecule has 1 aromatic heterocycles. The van der Waals surface area contributed by atoms with Crippen molar-refractivity contribution in [3.05, 3.63) is 54.2 Å². The molecule has 0 aliphatic heterocycles. The van der Waals surface area contributed by atoms with E-state index in [2.05, 4.69) is 20.0 Å². The van der Waals surface area contributed by atoms with Crippen LogP contribution in [0.1, 0.15) is 23.2 Å². The summed E-state index contributed by atoms with van der Waals surface area (Å²) >= 11 is 0. The maximum atomic E-state index is 12.7. The third-order valence-electron chi connectivity index (χ3n) is 4.53. The molecule has 13 heteroatoms. The van der Waals surface area contributed by atoms with Crippen LogP contribution >= 0.6 is 0 Å². The number of carboxylic acid groups (broad SMARTS) is 2. The molecule has 1 amide bonds.